The lowest BCUT2D eigenvalue weighted by atomic mass is 9.88. The lowest BCUT2D eigenvalue weighted by Crippen LogP contribution is -2.25. The molecule has 63 heavy (non-hydrogen) atoms. The number of allylic oxidation sites excluding steroid dienone is 2. The van der Waals surface area contributed by atoms with Crippen LogP contribution in [0.15, 0.2) is 109 Å². The highest BCUT2D eigenvalue weighted by molar-refractivity contribution is 6.28. The summed E-state index contributed by atoms with van der Waals surface area (Å²) in [4.78, 5) is 25.4. The van der Waals surface area contributed by atoms with Crippen LogP contribution < -0.4 is 11.1 Å². The molecule has 15 heteroatoms. The molecule has 6 heterocycles. The maximum Gasteiger partial charge on any atom is 0.228 e. The van der Waals surface area contributed by atoms with Crippen LogP contribution in [-0.4, -0.2) is 61.2 Å². The number of rotatable bonds is 4. The fraction of sp³-hybridized carbons (Fsp3) is 0.250. The molecule has 8 aromatic rings. The molecule has 2 atom stereocenters. The van der Waals surface area contributed by atoms with Gasteiger partial charge in [0, 0.05) is 46.7 Å². The summed E-state index contributed by atoms with van der Waals surface area (Å²) in [7, 11) is 0. The van der Waals surface area contributed by atoms with Crippen molar-refractivity contribution < 1.29 is 8.78 Å². The molecule has 3 N–H and O–H groups in total. The second kappa shape index (κ2) is 16.8. The largest absolute Gasteiger partial charge is 0.351 e. The predicted octanol–water partition coefficient (Wildman–Crippen LogP) is 9.40. The molecule has 12 nitrogen and oxygen atoms in total. The molecular weight excluding hydrogens is 818 g/mol. The van der Waals surface area contributed by atoms with Gasteiger partial charge in [0.2, 0.25) is 11.2 Å². The summed E-state index contributed by atoms with van der Waals surface area (Å²) in [5, 5.41) is 12.3. The van der Waals surface area contributed by atoms with Crippen LogP contribution >= 0.6 is 11.6 Å². The van der Waals surface area contributed by atoms with Crippen LogP contribution in [0.1, 0.15) is 71.9 Å². The van der Waals surface area contributed by atoms with E-state index in [1.54, 1.807) is 39.8 Å². The third-order valence-corrected chi connectivity index (χ3v) is 12.4. The molecule has 2 aromatic carbocycles. The van der Waals surface area contributed by atoms with E-state index < -0.39 is 11.6 Å². The standard InChI is InChI=1S/C24H21FN6.C13H15N.C11H7ClFN5/c1-14-11-27-31-23(14)29-22(17-9-18(25)13-26-12-17)30-24(31)28-19-7-6-16-8-15-4-2-3-5-20(15)21(16)10-19;14-11-6-5-10-7-9-3-1-2-4-12(9)13(10)8-11;1-6-3-15-18-10(6)16-9(17-11(18)12)7-2-8(13)5-14-4-7/h2-5,9,11-13,19H,6-8,10H2,1H3,(H,28,29,30);1-4,11H,5-8,14H2;2-5H,1H3/t19-;11-;/m11./s1. The number of hydrogen-bond acceptors (Lipinski definition) is 10. The average Bonchev–Trinajstić information content (AvgIpc) is 4.07. The summed E-state index contributed by atoms with van der Waals surface area (Å²) in [5.74, 6) is 0.526. The molecule has 12 rings (SSSR count). The van der Waals surface area contributed by atoms with Crippen LogP contribution in [0, 0.1) is 25.5 Å². The summed E-state index contributed by atoms with van der Waals surface area (Å²) >= 11 is 6.00. The Morgan fingerprint density at radius 3 is 1.81 bits per heavy atom. The minimum atomic E-state index is -0.447. The maximum atomic E-state index is 13.7. The van der Waals surface area contributed by atoms with Gasteiger partial charge >= 0.3 is 0 Å². The number of nitrogens with zero attached hydrogens (tertiary/aromatic N) is 10. The fourth-order valence-electron chi connectivity index (χ4n) is 9.07. The first-order chi connectivity index (χ1) is 30.6. The van der Waals surface area contributed by atoms with Gasteiger partial charge in [-0.1, -0.05) is 59.7 Å². The Labute approximate surface area is 367 Å². The van der Waals surface area contributed by atoms with Gasteiger partial charge in [-0.25, -0.2) is 18.7 Å². The number of aryl methyl sites for hydroxylation is 2. The zero-order chi connectivity index (χ0) is 43.2. The molecule has 0 aliphatic heterocycles. The number of hydrogen-bond donors (Lipinski definition) is 2. The molecule has 4 aliphatic rings. The van der Waals surface area contributed by atoms with Crippen molar-refractivity contribution in [3.63, 3.8) is 0 Å². The number of nitrogens with two attached hydrogens (primary N) is 1. The van der Waals surface area contributed by atoms with Gasteiger partial charge in [-0.05, 0) is 122 Å². The van der Waals surface area contributed by atoms with Gasteiger partial charge in [-0.3, -0.25) is 9.97 Å². The Kier molecular flexibility index (Phi) is 10.8. The second-order valence-corrected chi connectivity index (χ2v) is 16.9. The molecule has 0 bridgehead atoms. The summed E-state index contributed by atoms with van der Waals surface area (Å²) in [6, 6.07) is 20.8. The monoisotopic (exact) mass is 860 g/mol. The number of pyridine rings is 2. The molecule has 4 aliphatic carbocycles. The normalized spacial score (nSPS) is 17.4. The van der Waals surface area contributed by atoms with E-state index in [-0.39, 0.29) is 11.3 Å². The van der Waals surface area contributed by atoms with Gasteiger partial charge in [0.05, 0.1) is 24.8 Å². The maximum absolute atomic E-state index is 13.7. The molecule has 0 saturated carbocycles. The van der Waals surface area contributed by atoms with Crippen molar-refractivity contribution in [3.8, 4) is 22.8 Å². The van der Waals surface area contributed by atoms with E-state index in [2.05, 4.69) is 89.0 Å². The number of anilines is 1. The third kappa shape index (κ3) is 8.07. The minimum Gasteiger partial charge on any atom is -0.351 e. The molecule has 6 aromatic heterocycles. The highest BCUT2D eigenvalue weighted by Crippen LogP contribution is 2.43. The summed E-state index contributed by atoms with van der Waals surface area (Å²) < 4.78 is 30.0. The molecule has 0 fully saturated rings. The van der Waals surface area contributed by atoms with Crippen molar-refractivity contribution in [3.05, 3.63) is 159 Å². The van der Waals surface area contributed by atoms with E-state index in [1.807, 2.05) is 13.8 Å². The van der Waals surface area contributed by atoms with E-state index in [4.69, 9.17) is 22.3 Å². The molecular formula is C48H43ClF2N12. The van der Waals surface area contributed by atoms with Gasteiger partial charge in [-0.2, -0.15) is 29.2 Å². The summed E-state index contributed by atoms with van der Waals surface area (Å²) in [5.41, 5.74) is 22.2. The topological polar surface area (TPSA) is 150 Å². The van der Waals surface area contributed by atoms with Gasteiger partial charge in [0.25, 0.3) is 0 Å². The van der Waals surface area contributed by atoms with Crippen molar-refractivity contribution >= 4 is 40.0 Å². The third-order valence-electron chi connectivity index (χ3n) is 12.2. The van der Waals surface area contributed by atoms with Crippen molar-refractivity contribution in [1.29, 1.82) is 0 Å². The Balaban J connectivity index is 0.000000124. The Bertz CT molecular complexity index is 3120. The number of benzene rings is 2. The van der Waals surface area contributed by atoms with Gasteiger partial charge < -0.3 is 11.1 Å². The number of fused-ring (bicyclic) bond motifs is 6. The van der Waals surface area contributed by atoms with Crippen LogP contribution in [0.3, 0.4) is 0 Å². The van der Waals surface area contributed by atoms with E-state index in [0.717, 1.165) is 49.4 Å². The molecule has 0 amide bonds. The van der Waals surface area contributed by atoms with E-state index >= 15 is 0 Å². The van der Waals surface area contributed by atoms with Crippen LogP contribution in [0.4, 0.5) is 14.7 Å². The second-order valence-electron chi connectivity index (χ2n) is 16.5. The van der Waals surface area contributed by atoms with Crippen LogP contribution in [0.2, 0.25) is 5.28 Å². The summed E-state index contributed by atoms with van der Waals surface area (Å²) in [6.45, 7) is 3.82. The van der Waals surface area contributed by atoms with Crippen molar-refractivity contribution in [1.82, 2.24) is 49.1 Å². The average molecular weight is 861 g/mol. The van der Waals surface area contributed by atoms with E-state index in [0.29, 0.717) is 46.1 Å². The lowest BCUT2D eigenvalue weighted by Gasteiger charge is -2.26. The van der Waals surface area contributed by atoms with Crippen LogP contribution in [-0.2, 0) is 12.8 Å². The molecule has 0 saturated heterocycles. The number of aromatic nitrogens is 10. The molecule has 316 valence electrons. The first-order valence-corrected chi connectivity index (χ1v) is 21.5. The van der Waals surface area contributed by atoms with Gasteiger partial charge in [-0.15, -0.1) is 0 Å². The Morgan fingerprint density at radius 2 is 1.19 bits per heavy atom. The van der Waals surface area contributed by atoms with E-state index in [9.17, 15) is 8.78 Å². The lowest BCUT2D eigenvalue weighted by molar-refractivity contribution is 0.600. The van der Waals surface area contributed by atoms with Crippen molar-refractivity contribution in [2.45, 2.75) is 77.3 Å². The van der Waals surface area contributed by atoms with Crippen LogP contribution in [0.5, 0.6) is 0 Å². The molecule has 0 unspecified atom stereocenters. The number of nitrogens with one attached hydrogen (secondary N) is 1. The summed E-state index contributed by atoms with van der Waals surface area (Å²) in [6.07, 6.45) is 17.6. The Hall–Kier alpha value is -6.77. The number of halogens is 3. The van der Waals surface area contributed by atoms with Gasteiger partial charge in [0.15, 0.2) is 22.9 Å². The fourth-order valence-corrected chi connectivity index (χ4v) is 9.27. The molecule has 0 spiro atoms. The van der Waals surface area contributed by atoms with Crippen molar-refractivity contribution in [2.75, 3.05) is 5.32 Å². The Morgan fingerprint density at radius 1 is 0.651 bits per heavy atom. The minimum absolute atomic E-state index is 0.173. The highest BCUT2D eigenvalue weighted by atomic mass is 35.5. The zero-order valence-electron chi connectivity index (χ0n) is 34.7. The SMILES string of the molecule is Cc1cnn2c(Cl)nc(-c3cncc(F)c3)nc12.Cc1cnn2c(N[C@@H]3CCC4=C(C3)c3ccccc3C4)nc(-c3cncc(F)c3)nc12.N[C@@H]1CCC2=C(C1)c1ccccc1C2. The first-order valence-electron chi connectivity index (χ1n) is 21.1. The smallest absolute Gasteiger partial charge is 0.228 e. The highest BCUT2D eigenvalue weighted by Gasteiger charge is 2.29. The van der Waals surface area contributed by atoms with Crippen molar-refractivity contribution in [2.24, 2.45) is 5.73 Å². The van der Waals surface area contributed by atoms with Crippen LogP contribution in [0.25, 0.3) is 45.2 Å². The quantitative estimate of drug-likeness (QED) is 0.175. The van der Waals surface area contributed by atoms with Gasteiger partial charge in [0.1, 0.15) is 11.6 Å². The first kappa shape index (κ1) is 40.3. The molecule has 0 radical (unpaired) electrons. The van der Waals surface area contributed by atoms with E-state index in [1.165, 1.54) is 76.1 Å². The predicted molar refractivity (Wildman–Crippen MR) is 240 cm³/mol. The zero-order valence-corrected chi connectivity index (χ0v) is 35.5.